The summed E-state index contributed by atoms with van der Waals surface area (Å²) in [6, 6.07) is 0. The molecule has 7 nitrogen and oxygen atoms in total. The second kappa shape index (κ2) is 3.42. The number of hydrogen-bond acceptors (Lipinski definition) is 6. The Morgan fingerprint density at radius 3 is 3.00 bits per heavy atom. The van der Waals surface area contributed by atoms with E-state index in [0.717, 1.165) is 0 Å². The minimum absolute atomic E-state index is 0.325. The molecule has 0 radical (unpaired) electrons. The molecule has 2 aromatic rings. The number of aliphatic hydroxyl groups excluding tert-OH is 1. The van der Waals surface area contributed by atoms with E-state index in [0.29, 0.717) is 29.2 Å². The summed E-state index contributed by atoms with van der Waals surface area (Å²) in [4.78, 5) is 12.1. The van der Waals surface area contributed by atoms with Crippen LogP contribution in [0.25, 0.3) is 11.2 Å². The minimum Gasteiger partial charge on any atom is -0.472 e. The van der Waals surface area contributed by atoms with Gasteiger partial charge >= 0.3 is 0 Å². The highest BCUT2D eigenvalue weighted by Gasteiger charge is 2.30. The second-order valence-electron chi connectivity index (χ2n) is 3.87. The molecule has 3 N–H and O–H groups in total. The Kier molecular flexibility index (Phi) is 2.02. The van der Waals surface area contributed by atoms with E-state index >= 15 is 0 Å². The Balaban J connectivity index is 2.07. The molecule has 3 rings (SSSR count). The molecule has 3 heterocycles. The van der Waals surface area contributed by atoms with Gasteiger partial charge in [-0.25, -0.2) is 15.0 Å². The van der Waals surface area contributed by atoms with Crippen LogP contribution in [0.2, 0.25) is 0 Å². The minimum atomic E-state index is -0.656. The van der Waals surface area contributed by atoms with Crippen LogP contribution in [0.1, 0.15) is 12.6 Å². The number of nitrogen functional groups attached to an aromatic ring is 1. The van der Waals surface area contributed by atoms with Crippen molar-refractivity contribution in [3.05, 3.63) is 25.0 Å². The van der Waals surface area contributed by atoms with Gasteiger partial charge in [0.2, 0.25) is 0 Å². The van der Waals surface area contributed by atoms with Crippen LogP contribution in [0.15, 0.2) is 25.0 Å². The van der Waals surface area contributed by atoms with Crippen LogP contribution in [0, 0.1) is 0 Å². The molecule has 17 heavy (non-hydrogen) atoms. The highest BCUT2D eigenvalue weighted by atomic mass is 16.5. The first-order chi connectivity index (χ1) is 8.16. The van der Waals surface area contributed by atoms with Crippen LogP contribution in [-0.4, -0.2) is 30.7 Å². The summed E-state index contributed by atoms with van der Waals surface area (Å²) >= 11 is 0. The fourth-order valence-electron chi connectivity index (χ4n) is 1.87. The third-order valence-corrected chi connectivity index (χ3v) is 2.78. The Labute approximate surface area is 96.6 Å². The number of anilines is 1. The van der Waals surface area contributed by atoms with Crippen molar-refractivity contribution in [2.24, 2.45) is 0 Å². The number of hydrogen-bond donors (Lipinski definition) is 2. The monoisotopic (exact) mass is 233 g/mol. The molecule has 0 aromatic carbocycles. The first-order valence-electron chi connectivity index (χ1n) is 5.13. The van der Waals surface area contributed by atoms with E-state index in [-0.39, 0.29) is 6.23 Å². The van der Waals surface area contributed by atoms with Crippen LogP contribution in [0.5, 0.6) is 0 Å². The van der Waals surface area contributed by atoms with Crippen LogP contribution in [0.3, 0.4) is 0 Å². The Morgan fingerprint density at radius 2 is 2.29 bits per heavy atom. The quantitative estimate of drug-likeness (QED) is 0.730. The second-order valence-corrected chi connectivity index (χ2v) is 3.87. The maximum atomic E-state index is 9.58. The molecule has 1 fully saturated rings. The van der Waals surface area contributed by atoms with E-state index in [9.17, 15) is 5.11 Å². The van der Waals surface area contributed by atoms with Gasteiger partial charge in [0.15, 0.2) is 17.7 Å². The lowest BCUT2D eigenvalue weighted by atomic mass is 10.2. The van der Waals surface area contributed by atoms with Crippen LogP contribution < -0.4 is 5.73 Å². The lowest BCUT2D eigenvalue weighted by Gasteiger charge is -2.11. The highest BCUT2D eigenvalue weighted by Crippen LogP contribution is 2.32. The summed E-state index contributed by atoms with van der Waals surface area (Å²) in [5.74, 6) is 0.685. The topological polar surface area (TPSA) is 99.1 Å². The Hall–Kier alpha value is -2.15. The summed E-state index contributed by atoms with van der Waals surface area (Å²) in [7, 11) is 0. The normalized spacial score (nSPS) is 24.2. The molecule has 1 aliphatic heterocycles. The van der Waals surface area contributed by atoms with Crippen molar-refractivity contribution in [3.8, 4) is 0 Å². The Bertz CT molecular complexity index is 593. The van der Waals surface area contributed by atoms with Gasteiger partial charge in [0.25, 0.3) is 0 Å². The molecular weight excluding hydrogens is 222 g/mol. The highest BCUT2D eigenvalue weighted by molar-refractivity contribution is 5.81. The molecule has 88 valence electrons. The Morgan fingerprint density at radius 1 is 1.47 bits per heavy atom. The molecule has 2 aromatic heterocycles. The predicted octanol–water partition coefficient (Wildman–Crippen LogP) is 0.202. The zero-order valence-electron chi connectivity index (χ0n) is 8.95. The zero-order valence-corrected chi connectivity index (χ0v) is 8.95. The molecule has 0 saturated carbocycles. The number of rotatable bonds is 1. The van der Waals surface area contributed by atoms with Crippen molar-refractivity contribution in [3.63, 3.8) is 0 Å². The zero-order chi connectivity index (χ0) is 12.0. The smallest absolute Gasteiger partial charge is 0.181 e. The summed E-state index contributed by atoms with van der Waals surface area (Å²) in [6.07, 6.45) is 2.36. The SMILES string of the molecule is C=C1O[C@@H](n2cnc3c(N)ncnc32)CC1O. The molecular formula is C10H11N5O2. The summed E-state index contributed by atoms with van der Waals surface area (Å²) in [5.41, 5.74) is 6.81. The number of aliphatic hydroxyl groups is 1. The molecule has 1 unspecified atom stereocenters. The van der Waals surface area contributed by atoms with Crippen LogP contribution >= 0.6 is 0 Å². The molecule has 0 amide bonds. The largest absolute Gasteiger partial charge is 0.472 e. The standard InChI is InChI=1S/C10H11N5O2/c1-5-6(16)2-7(17-5)15-4-14-8-9(11)12-3-13-10(8)15/h3-4,6-7,16H,1-2H2,(H2,11,12,13)/t6?,7-/m1/s1. The van der Waals surface area contributed by atoms with Gasteiger partial charge < -0.3 is 15.6 Å². The number of fused-ring (bicyclic) bond motifs is 1. The average molecular weight is 233 g/mol. The molecule has 1 saturated heterocycles. The van der Waals surface area contributed by atoms with Crippen molar-refractivity contribution in [2.45, 2.75) is 18.8 Å². The maximum absolute atomic E-state index is 9.58. The molecule has 0 aliphatic carbocycles. The fourth-order valence-corrected chi connectivity index (χ4v) is 1.87. The van der Waals surface area contributed by atoms with E-state index < -0.39 is 6.10 Å². The van der Waals surface area contributed by atoms with Crippen molar-refractivity contribution >= 4 is 17.0 Å². The lowest BCUT2D eigenvalue weighted by molar-refractivity contribution is 0.101. The van der Waals surface area contributed by atoms with E-state index in [2.05, 4.69) is 21.5 Å². The fraction of sp³-hybridized carbons (Fsp3) is 0.300. The van der Waals surface area contributed by atoms with Crippen molar-refractivity contribution in [2.75, 3.05) is 5.73 Å². The first kappa shape index (κ1) is 10.0. The molecule has 7 heteroatoms. The number of nitrogens with two attached hydrogens (primary N) is 1. The van der Waals surface area contributed by atoms with Gasteiger partial charge in [-0.15, -0.1) is 0 Å². The van der Waals surface area contributed by atoms with Crippen LogP contribution in [0.4, 0.5) is 5.82 Å². The average Bonchev–Trinajstić information content (AvgIpc) is 2.85. The molecule has 2 atom stereocenters. The summed E-state index contributed by atoms with van der Waals surface area (Å²) in [6.45, 7) is 3.63. The number of imidazole rings is 1. The van der Waals surface area contributed by atoms with Gasteiger partial charge in [0, 0.05) is 6.42 Å². The number of nitrogens with zero attached hydrogens (tertiary/aromatic N) is 4. The van der Waals surface area contributed by atoms with Gasteiger partial charge in [-0.2, -0.15) is 0 Å². The predicted molar refractivity (Wildman–Crippen MR) is 59.6 cm³/mol. The van der Waals surface area contributed by atoms with Crippen molar-refractivity contribution in [1.29, 1.82) is 0 Å². The van der Waals surface area contributed by atoms with E-state index in [4.69, 9.17) is 10.5 Å². The number of aromatic nitrogens is 4. The molecule has 0 bridgehead atoms. The summed E-state index contributed by atoms with van der Waals surface area (Å²) < 4.78 is 7.16. The van der Waals surface area contributed by atoms with Gasteiger partial charge in [0.05, 0.1) is 0 Å². The van der Waals surface area contributed by atoms with Crippen LogP contribution in [-0.2, 0) is 4.74 Å². The van der Waals surface area contributed by atoms with E-state index in [1.54, 1.807) is 10.9 Å². The van der Waals surface area contributed by atoms with Gasteiger partial charge in [-0.05, 0) is 0 Å². The summed E-state index contributed by atoms with van der Waals surface area (Å²) in [5, 5.41) is 9.58. The van der Waals surface area contributed by atoms with E-state index in [1.807, 2.05) is 0 Å². The van der Waals surface area contributed by atoms with Gasteiger partial charge in [-0.1, -0.05) is 6.58 Å². The lowest BCUT2D eigenvalue weighted by Crippen LogP contribution is -2.08. The third-order valence-electron chi connectivity index (χ3n) is 2.78. The molecule has 0 spiro atoms. The van der Waals surface area contributed by atoms with Gasteiger partial charge in [-0.3, -0.25) is 4.57 Å². The van der Waals surface area contributed by atoms with Crippen molar-refractivity contribution in [1.82, 2.24) is 19.5 Å². The number of ether oxygens (including phenoxy) is 1. The van der Waals surface area contributed by atoms with Crippen molar-refractivity contribution < 1.29 is 9.84 Å². The van der Waals surface area contributed by atoms with E-state index in [1.165, 1.54) is 6.33 Å². The third kappa shape index (κ3) is 1.43. The van der Waals surface area contributed by atoms with Gasteiger partial charge in [0.1, 0.15) is 30.0 Å². The first-order valence-corrected chi connectivity index (χ1v) is 5.13. The maximum Gasteiger partial charge on any atom is 0.181 e. The molecule has 1 aliphatic rings.